The van der Waals surface area contributed by atoms with Crippen LogP contribution in [0.5, 0.6) is 0 Å². The second kappa shape index (κ2) is 10.3. The van der Waals surface area contributed by atoms with Gasteiger partial charge in [0.15, 0.2) is 15.7 Å². The Balaban J connectivity index is 1.44. The van der Waals surface area contributed by atoms with E-state index in [0.29, 0.717) is 41.8 Å². The fourth-order valence-corrected chi connectivity index (χ4v) is 5.02. The molecule has 190 valence electrons. The fraction of sp³-hybridized carbons (Fsp3) is 0.478. The summed E-state index contributed by atoms with van der Waals surface area (Å²) in [5.74, 6) is 0.309. The maximum atomic E-state index is 11.7. The number of aliphatic hydroxyl groups excluding tert-OH is 2. The van der Waals surface area contributed by atoms with Gasteiger partial charge < -0.3 is 29.9 Å². The van der Waals surface area contributed by atoms with E-state index < -0.39 is 28.1 Å². The molecule has 35 heavy (non-hydrogen) atoms. The largest absolute Gasteiger partial charge is 0.459 e. The second-order valence-electron chi connectivity index (χ2n) is 8.84. The smallest absolute Gasteiger partial charge is 0.296 e. The molecule has 3 atom stereocenters. The van der Waals surface area contributed by atoms with E-state index in [1.165, 1.54) is 6.26 Å². The van der Waals surface area contributed by atoms with Gasteiger partial charge in [-0.25, -0.2) is 13.4 Å². The third-order valence-corrected chi connectivity index (χ3v) is 7.81. The first-order chi connectivity index (χ1) is 16.5. The van der Waals surface area contributed by atoms with E-state index in [0.717, 1.165) is 11.3 Å². The molecule has 0 amide bonds. The van der Waals surface area contributed by atoms with E-state index >= 15 is 0 Å². The summed E-state index contributed by atoms with van der Waals surface area (Å²) >= 11 is 6.35. The van der Waals surface area contributed by atoms with Gasteiger partial charge in [0.05, 0.1) is 36.0 Å². The number of ether oxygens (including phenoxy) is 2. The van der Waals surface area contributed by atoms with Crippen molar-refractivity contribution in [2.75, 3.05) is 37.5 Å². The minimum absolute atomic E-state index is 0.192. The van der Waals surface area contributed by atoms with Crippen molar-refractivity contribution in [2.24, 2.45) is 9.98 Å². The quantitative estimate of drug-likeness (QED) is 0.506. The van der Waals surface area contributed by atoms with Crippen LogP contribution < -0.4 is 10.2 Å². The van der Waals surface area contributed by atoms with Gasteiger partial charge in [0.25, 0.3) is 6.02 Å². The highest BCUT2D eigenvalue weighted by molar-refractivity contribution is 7.91. The van der Waals surface area contributed by atoms with Crippen LogP contribution in [0.15, 0.2) is 51.6 Å². The second-order valence-corrected chi connectivity index (χ2v) is 11.7. The number of sulfone groups is 1. The number of aliphatic imine (C=N–C) groups is 2. The summed E-state index contributed by atoms with van der Waals surface area (Å²) in [4.78, 5) is 11.0. The summed E-state index contributed by atoms with van der Waals surface area (Å²) in [6, 6.07) is 7.75. The molecule has 0 bridgehead atoms. The molecule has 0 spiro atoms. The molecule has 1 aromatic carbocycles. The first kappa shape index (κ1) is 25.6. The number of halogens is 1. The first-order valence-corrected chi connectivity index (χ1v) is 13.5. The van der Waals surface area contributed by atoms with E-state index in [4.69, 9.17) is 21.1 Å². The van der Waals surface area contributed by atoms with E-state index in [1.54, 1.807) is 6.92 Å². The Morgan fingerprint density at radius 3 is 2.63 bits per heavy atom. The number of benzene rings is 1. The van der Waals surface area contributed by atoms with Crippen LogP contribution in [0.2, 0.25) is 0 Å². The summed E-state index contributed by atoms with van der Waals surface area (Å²) < 4.78 is 34.5. The van der Waals surface area contributed by atoms with Crippen molar-refractivity contribution in [1.82, 2.24) is 5.32 Å². The highest BCUT2D eigenvalue weighted by atomic mass is 35.5. The van der Waals surface area contributed by atoms with E-state index in [-0.39, 0.29) is 24.5 Å². The standard InChI is InChI=1S/C23H29ClN4O6S/c1-13(24)21(15-4-6-16(7-5-15)28-9-18(10-28)35(3,31)32)26-22-14(2)25-23(27-22)34-17-8-19(30)20(11-29)33-12-17/h4-7,17-20,29-30H,2,8-12H2,1,3H3,(H,25,26,27)/b21-13+/t17-,19+,20-/m1/s1. The summed E-state index contributed by atoms with van der Waals surface area (Å²) in [5, 5.41) is 22.3. The molecular formula is C23H29ClN4O6S. The Hall–Kier alpha value is -2.44. The third-order valence-electron chi connectivity index (χ3n) is 6.13. The Morgan fingerprint density at radius 1 is 1.37 bits per heavy atom. The Bertz CT molecular complexity index is 1170. The van der Waals surface area contributed by atoms with Gasteiger partial charge >= 0.3 is 0 Å². The highest BCUT2D eigenvalue weighted by Crippen LogP contribution is 2.29. The lowest BCUT2D eigenvalue weighted by atomic mass is 10.0. The molecule has 0 aromatic heterocycles. The maximum absolute atomic E-state index is 11.7. The van der Waals surface area contributed by atoms with Crippen molar-refractivity contribution < 1.29 is 28.1 Å². The van der Waals surface area contributed by atoms with Crippen molar-refractivity contribution in [2.45, 2.75) is 36.9 Å². The number of hydrogen-bond donors (Lipinski definition) is 3. The third kappa shape index (κ3) is 5.87. The molecule has 0 radical (unpaired) electrons. The molecule has 1 aromatic rings. The van der Waals surface area contributed by atoms with Gasteiger partial charge in [0, 0.05) is 42.0 Å². The van der Waals surface area contributed by atoms with Gasteiger partial charge in [-0.2, -0.15) is 4.99 Å². The van der Waals surface area contributed by atoms with Crippen molar-refractivity contribution in [3.63, 3.8) is 0 Å². The highest BCUT2D eigenvalue weighted by Gasteiger charge is 2.35. The molecule has 0 aliphatic carbocycles. The van der Waals surface area contributed by atoms with Crippen LogP contribution in [0.1, 0.15) is 18.9 Å². The van der Waals surface area contributed by atoms with E-state index in [1.807, 2.05) is 29.2 Å². The zero-order valence-electron chi connectivity index (χ0n) is 19.5. The predicted molar refractivity (Wildman–Crippen MR) is 135 cm³/mol. The fourth-order valence-electron chi connectivity index (χ4n) is 3.97. The number of nitrogens with zero attached hydrogens (tertiary/aromatic N) is 3. The zero-order valence-corrected chi connectivity index (χ0v) is 21.1. The number of hydrogen-bond acceptors (Lipinski definition) is 9. The maximum Gasteiger partial charge on any atom is 0.296 e. The van der Waals surface area contributed by atoms with Gasteiger partial charge in [-0.15, -0.1) is 0 Å². The monoisotopic (exact) mass is 524 g/mol. The Kier molecular flexibility index (Phi) is 7.53. The molecule has 4 rings (SSSR count). The number of nitrogens with one attached hydrogen (secondary N) is 1. The van der Waals surface area contributed by atoms with Crippen LogP contribution in [0.4, 0.5) is 5.69 Å². The molecule has 2 fully saturated rings. The predicted octanol–water partition coefficient (Wildman–Crippen LogP) is 1.25. The lowest BCUT2D eigenvalue weighted by Gasteiger charge is -2.39. The molecule has 2 saturated heterocycles. The normalized spacial score (nSPS) is 27.3. The van der Waals surface area contributed by atoms with Crippen LogP contribution in [-0.4, -0.2) is 86.6 Å². The van der Waals surface area contributed by atoms with Crippen LogP contribution in [0.25, 0.3) is 5.70 Å². The number of allylic oxidation sites excluding steroid dienone is 1. The summed E-state index contributed by atoms with van der Waals surface area (Å²) in [6.07, 6.45) is -0.325. The minimum atomic E-state index is -3.03. The van der Waals surface area contributed by atoms with Crippen LogP contribution >= 0.6 is 11.6 Å². The topological polar surface area (TPSA) is 133 Å². The van der Waals surface area contributed by atoms with E-state index in [9.17, 15) is 18.6 Å². The SMILES string of the molecule is C=C1NC(O[C@H]2CO[C@H](CO)[C@@H](O)C2)=N/C1=N/C(=C(\C)Cl)c1ccc(N2CC(S(C)(=O)=O)C2)cc1. The number of rotatable bonds is 6. The van der Waals surface area contributed by atoms with Crippen molar-refractivity contribution in [3.8, 4) is 0 Å². The summed E-state index contributed by atoms with van der Waals surface area (Å²) in [6.45, 7) is 6.57. The van der Waals surface area contributed by atoms with Crippen molar-refractivity contribution in [3.05, 3.63) is 47.1 Å². The molecule has 0 unspecified atom stereocenters. The molecule has 12 heteroatoms. The van der Waals surface area contributed by atoms with Gasteiger partial charge in [-0.3, -0.25) is 0 Å². The van der Waals surface area contributed by atoms with Gasteiger partial charge in [0.2, 0.25) is 0 Å². The summed E-state index contributed by atoms with van der Waals surface area (Å²) in [5.41, 5.74) is 2.64. The number of aliphatic hydroxyl groups is 2. The number of amidine groups is 2. The van der Waals surface area contributed by atoms with Crippen LogP contribution in [0, 0.1) is 0 Å². The lowest BCUT2D eigenvalue weighted by molar-refractivity contribution is -0.133. The van der Waals surface area contributed by atoms with Gasteiger partial charge in [0.1, 0.15) is 12.2 Å². The Labute approximate surface area is 209 Å². The Morgan fingerprint density at radius 2 is 2.06 bits per heavy atom. The van der Waals surface area contributed by atoms with Crippen LogP contribution in [-0.2, 0) is 19.3 Å². The molecule has 3 heterocycles. The van der Waals surface area contributed by atoms with Crippen molar-refractivity contribution >= 4 is 44.7 Å². The van der Waals surface area contributed by atoms with Crippen molar-refractivity contribution in [1.29, 1.82) is 0 Å². The van der Waals surface area contributed by atoms with Gasteiger partial charge in [-0.05, 0) is 19.1 Å². The molecule has 3 aliphatic heterocycles. The average molecular weight is 525 g/mol. The molecule has 10 nitrogen and oxygen atoms in total. The molecule has 3 N–H and O–H groups in total. The number of anilines is 1. The van der Waals surface area contributed by atoms with E-state index in [2.05, 4.69) is 21.9 Å². The first-order valence-electron chi connectivity index (χ1n) is 11.2. The molecule has 0 saturated carbocycles. The molecule has 3 aliphatic rings. The van der Waals surface area contributed by atoms with Gasteiger partial charge in [-0.1, -0.05) is 30.3 Å². The minimum Gasteiger partial charge on any atom is -0.459 e. The zero-order chi connectivity index (χ0) is 25.3. The lowest BCUT2D eigenvalue weighted by Crippen LogP contribution is -2.54. The average Bonchev–Trinajstić information content (AvgIpc) is 3.09. The summed E-state index contributed by atoms with van der Waals surface area (Å²) in [7, 11) is -3.03. The van der Waals surface area contributed by atoms with Crippen LogP contribution in [0.3, 0.4) is 0 Å². The molecular weight excluding hydrogens is 496 g/mol.